The van der Waals surface area contributed by atoms with E-state index in [0.29, 0.717) is 34.8 Å². The molecule has 0 spiro atoms. The van der Waals surface area contributed by atoms with E-state index in [1.54, 1.807) is 45.0 Å². The van der Waals surface area contributed by atoms with Crippen LogP contribution in [0.3, 0.4) is 0 Å². The summed E-state index contributed by atoms with van der Waals surface area (Å²) in [7, 11) is 1.46. The summed E-state index contributed by atoms with van der Waals surface area (Å²) in [4.78, 5) is 65.5. The van der Waals surface area contributed by atoms with Gasteiger partial charge in [0.15, 0.2) is 5.78 Å². The van der Waals surface area contributed by atoms with Crippen molar-refractivity contribution >= 4 is 29.6 Å². The van der Waals surface area contributed by atoms with Crippen LogP contribution in [0.1, 0.15) is 58.7 Å². The minimum absolute atomic E-state index is 0.0840. The number of ketones is 1. The van der Waals surface area contributed by atoms with E-state index in [1.807, 2.05) is 19.1 Å². The fourth-order valence-corrected chi connectivity index (χ4v) is 4.90. The molecule has 0 aliphatic carbocycles. The molecule has 5 N–H and O–H groups in total. The van der Waals surface area contributed by atoms with Gasteiger partial charge in [-0.05, 0) is 83.4 Å². The lowest BCUT2D eigenvalue weighted by molar-refractivity contribution is -0.139. The van der Waals surface area contributed by atoms with Gasteiger partial charge in [-0.15, -0.1) is 0 Å². The zero-order valence-corrected chi connectivity index (χ0v) is 27.5. The fourth-order valence-electron chi connectivity index (χ4n) is 4.90. The molecule has 0 fully saturated rings. The molecule has 2 aromatic carbocycles. The summed E-state index contributed by atoms with van der Waals surface area (Å²) in [6.45, 7) is 10.3. The molecular weight excluding hydrogens is 594 g/mol. The van der Waals surface area contributed by atoms with Crippen molar-refractivity contribution in [1.82, 2.24) is 20.9 Å². The number of nitrogens with one attached hydrogen (secondary N) is 3. The van der Waals surface area contributed by atoms with Crippen LogP contribution in [0.25, 0.3) is 11.1 Å². The molecule has 2 unspecified atom stereocenters. The third kappa shape index (κ3) is 9.43. The Labute approximate surface area is 269 Å². The van der Waals surface area contributed by atoms with Crippen LogP contribution in [0.2, 0.25) is 0 Å². The number of ether oxygens (including phenoxy) is 3. The summed E-state index contributed by atoms with van der Waals surface area (Å²) < 4.78 is 17.4. The van der Waals surface area contributed by atoms with Crippen molar-refractivity contribution in [1.29, 1.82) is 0 Å². The number of alkyl carbamates (subject to hydrolysis) is 1. The van der Waals surface area contributed by atoms with Crippen LogP contribution in [0.15, 0.2) is 36.4 Å². The average Bonchev–Trinajstić information content (AvgIpc) is 2.98. The molecule has 1 aliphatic heterocycles. The Morgan fingerprint density at radius 2 is 1.65 bits per heavy atom. The molecule has 46 heavy (non-hydrogen) atoms. The number of nitrogens with two attached hydrogens (primary N) is 1. The molecule has 0 saturated heterocycles. The van der Waals surface area contributed by atoms with Crippen molar-refractivity contribution in [2.24, 2.45) is 5.73 Å². The highest BCUT2D eigenvalue weighted by Crippen LogP contribution is 2.40. The summed E-state index contributed by atoms with van der Waals surface area (Å²) in [5, 5.41) is 8.08. The Balaban J connectivity index is 2.18. The highest BCUT2D eigenvalue weighted by atomic mass is 16.6. The lowest BCUT2D eigenvalue weighted by atomic mass is 9.93. The van der Waals surface area contributed by atoms with Crippen LogP contribution < -0.4 is 31.2 Å². The van der Waals surface area contributed by atoms with E-state index in [0.717, 1.165) is 5.56 Å². The highest BCUT2D eigenvalue weighted by Gasteiger charge is 2.32. The summed E-state index contributed by atoms with van der Waals surface area (Å²) >= 11 is 0. The summed E-state index contributed by atoms with van der Waals surface area (Å²) in [6, 6.07) is 7.43. The largest absolute Gasteiger partial charge is 0.493 e. The molecule has 1 heterocycles. The van der Waals surface area contributed by atoms with Gasteiger partial charge >= 0.3 is 6.09 Å². The Kier molecular flexibility index (Phi) is 12.1. The second kappa shape index (κ2) is 15.6. The Bertz CT molecular complexity index is 1450. The van der Waals surface area contributed by atoms with Crippen LogP contribution in [0.5, 0.6) is 11.5 Å². The first kappa shape index (κ1) is 35.8. The zero-order valence-electron chi connectivity index (χ0n) is 27.5. The Morgan fingerprint density at radius 3 is 2.28 bits per heavy atom. The van der Waals surface area contributed by atoms with Crippen molar-refractivity contribution in [3.63, 3.8) is 0 Å². The van der Waals surface area contributed by atoms with E-state index in [1.165, 1.54) is 25.8 Å². The van der Waals surface area contributed by atoms with Crippen LogP contribution in [0, 0.1) is 0 Å². The number of fused-ring (bicyclic) bond motifs is 5. The summed E-state index contributed by atoms with van der Waals surface area (Å²) in [5.41, 5.74) is 7.31. The van der Waals surface area contributed by atoms with Crippen molar-refractivity contribution < 1.29 is 38.2 Å². The first-order chi connectivity index (χ1) is 21.6. The van der Waals surface area contributed by atoms with E-state index in [2.05, 4.69) is 16.0 Å². The van der Waals surface area contributed by atoms with Crippen LogP contribution in [-0.2, 0) is 30.3 Å². The summed E-state index contributed by atoms with van der Waals surface area (Å²) in [6.07, 6.45) is -0.394. The number of amides is 4. The van der Waals surface area contributed by atoms with Gasteiger partial charge in [-0.3, -0.25) is 19.2 Å². The van der Waals surface area contributed by atoms with Gasteiger partial charge in [-0.1, -0.05) is 12.1 Å². The maximum atomic E-state index is 13.7. The van der Waals surface area contributed by atoms with Crippen molar-refractivity contribution in [2.75, 3.05) is 33.4 Å². The highest BCUT2D eigenvalue weighted by molar-refractivity contribution is 5.95. The standard InChI is InChI=1S/C33H45N5O8/c1-8-44-26-11-9-21-15-23(26)24-17-22(10-12-27(24)45-14-13-35-32(43)46-33(4,5)6)29(38(7)28(40)18-34)31(42)36-19(2)30(41)37-25(16-21)20(3)39/h9-12,15,17,19,25,29H,8,13-14,16,18,34H2,1-7H3,(H,35,43)(H,36,42)(H,37,41)/t19-,25?,29?/m0/s1. The quantitative estimate of drug-likeness (QED) is 0.300. The lowest BCUT2D eigenvalue weighted by Gasteiger charge is -2.30. The predicted octanol–water partition coefficient (Wildman–Crippen LogP) is 2.25. The molecule has 250 valence electrons. The molecule has 4 bridgehead atoms. The first-order valence-corrected chi connectivity index (χ1v) is 15.2. The number of likely N-dealkylation sites (N-methyl/N-ethyl adjacent to an activating group) is 1. The zero-order chi connectivity index (χ0) is 34.2. The molecule has 3 atom stereocenters. The van der Waals surface area contributed by atoms with E-state index < -0.39 is 47.5 Å². The van der Waals surface area contributed by atoms with E-state index >= 15 is 0 Å². The molecule has 0 saturated carbocycles. The predicted molar refractivity (Wildman–Crippen MR) is 171 cm³/mol. The topological polar surface area (TPSA) is 178 Å². The number of rotatable bonds is 9. The summed E-state index contributed by atoms with van der Waals surface area (Å²) in [5.74, 6) is -1.00. The monoisotopic (exact) mass is 639 g/mol. The number of benzene rings is 2. The van der Waals surface area contributed by atoms with Crippen LogP contribution in [-0.4, -0.2) is 85.5 Å². The van der Waals surface area contributed by atoms with E-state index in [-0.39, 0.29) is 31.9 Å². The minimum atomic E-state index is -1.17. The second-order valence-corrected chi connectivity index (χ2v) is 12.0. The maximum Gasteiger partial charge on any atom is 0.407 e. The van der Waals surface area contributed by atoms with Crippen molar-refractivity contribution in [3.8, 4) is 22.6 Å². The van der Waals surface area contributed by atoms with E-state index in [4.69, 9.17) is 19.9 Å². The SMILES string of the molecule is CCOc1ccc2cc1-c1cc(ccc1OCCNC(=O)OC(C)(C)C)C(N(C)C(=O)CN)C(=O)N[C@@H](C)C(=O)NC(C(C)=O)C2. The molecule has 0 radical (unpaired) electrons. The number of carbonyl (C=O) groups excluding carboxylic acids is 5. The Hall–Kier alpha value is -4.65. The lowest BCUT2D eigenvalue weighted by Crippen LogP contribution is -2.53. The molecule has 3 rings (SSSR count). The van der Waals surface area contributed by atoms with Crippen LogP contribution in [0.4, 0.5) is 4.79 Å². The normalized spacial score (nSPS) is 18.3. The smallest absolute Gasteiger partial charge is 0.407 e. The minimum Gasteiger partial charge on any atom is -0.493 e. The third-order valence-electron chi connectivity index (χ3n) is 7.18. The number of hydrogen-bond acceptors (Lipinski definition) is 9. The van der Waals surface area contributed by atoms with Gasteiger partial charge in [-0.2, -0.15) is 0 Å². The fraction of sp³-hybridized carbons (Fsp3) is 0.485. The van der Waals surface area contributed by atoms with Gasteiger partial charge in [0.25, 0.3) is 0 Å². The van der Waals surface area contributed by atoms with Gasteiger partial charge in [0, 0.05) is 18.2 Å². The number of hydrogen-bond donors (Lipinski definition) is 4. The second-order valence-electron chi connectivity index (χ2n) is 12.0. The first-order valence-electron chi connectivity index (χ1n) is 15.2. The Morgan fingerprint density at radius 1 is 1.00 bits per heavy atom. The molecule has 1 aliphatic rings. The molecule has 0 aromatic heterocycles. The van der Waals surface area contributed by atoms with Gasteiger partial charge in [0.1, 0.15) is 35.8 Å². The molecule has 4 amide bonds. The molecule has 13 heteroatoms. The van der Waals surface area contributed by atoms with Gasteiger partial charge in [0.05, 0.1) is 25.7 Å². The van der Waals surface area contributed by atoms with Crippen LogP contribution >= 0.6 is 0 Å². The van der Waals surface area contributed by atoms with Gasteiger partial charge in [0.2, 0.25) is 17.7 Å². The number of Topliss-reactive ketones (excluding diaryl/α,β-unsaturated/α-hetero) is 1. The van der Waals surface area contributed by atoms with Crippen molar-refractivity contribution in [2.45, 2.75) is 71.7 Å². The number of carbonyl (C=O) groups is 5. The van der Waals surface area contributed by atoms with Gasteiger partial charge < -0.3 is 40.8 Å². The number of nitrogens with zero attached hydrogens (tertiary/aromatic N) is 1. The molecular formula is C33H45N5O8. The molecule has 2 aromatic rings. The van der Waals surface area contributed by atoms with Crippen molar-refractivity contribution in [3.05, 3.63) is 47.5 Å². The average molecular weight is 640 g/mol. The maximum absolute atomic E-state index is 13.7. The van der Waals surface area contributed by atoms with E-state index in [9.17, 15) is 24.0 Å². The van der Waals surface area contributed by atoms with Gasteiger partial charge in [-0.25, -0.2) is 4.79 Å². The molecule has 13 nitrogen and oxygen atoms in total. The third-order valence-corrected chi connectivity index (χ3v) is 7.18.